The lowest BCUT2D eigenvalue weighted by Crippen LogP contribution is -2.49. The highest BCUT2D eigenvalue weighted by Crippen LogP contribution is 2.35. The van der Waals surface area contributed by atoms with Gasteiger partial charge >= 0.3 is 6.18 Å². The third kappa shape index (κ3) is 4.88. The van der Waals surface area contributed by atoms with Crippen molar-refractivity contribution in [2.75, 3.05) is 29.9 Å². The van der Waals surface area contributed by atoms with Gasteiger partial charge in [0.1, 0.15) is 5.82 Å². The number of halogens is 3. The molecule has 1 aromatic carbocycles. The molecule has 2 aliphatic heterocycles. The van der Waals surface area contributed by atoms with Crippen LogP contribution in [-0.2, 0) is 11.0 Å². The summed E-state index contributed by atoms with van der Waals surface area (Å²) in [5, 5.41) is 21.0. The summed E-state index contributed by atoms with van der Waals surface area (Å²) in [6.45, 7) is 5.33. The topological polar surface area (TPSA) is 108 Å². The Balaban J connectivity index is 1.52. The van der Waals surface area contributed by atoms with Crippen LogP contribution in [0, 0.1) is 5.92 Å². The molecule has 2 aromatic heterocycles. The lowest BCUT2D eigenvalue weighted by Gasteiger charge is -2.42. The number of hydrogen-bond acceptors (Lipinski definition) is 7. The van der Waals surface area contributed by atoms with E-state index in [1.165, 1.54) is 10.7 Å². The number of aromatic nitrogens is 4. The van der Waals surface area contributed by atoms with Crippen LogP contribution < -0.4 is 15.5 Å². The van der Waals surface area contributed by atoms with E-state index in [1.807, 2.05) is 4.90 Å². The predicted molar refractivity (Wildman–Crippen MR) is 123 cm³/mol. The molecule has 0 bridgehead atoms. The van der Waals surface area contributed by atoms with E-state index < -0.39 is 17.3 Å². The minimum Gasteiger partial charge on any atom is -0.390 e. The zero-order chi connectivity index (χ0) is 25.0. The third-order valence-corrected chi connectivity index (χ3v) is 6.18. The summed E-state index contributed by atoms with van der Waals surface area (Å²) >= 11 is 0. The van der Waals surface area contributed by atoms with Crippen LogP contribution in [0.25, 0.3) is 16.7 Å². The Morgan fingerprint density at radius 1 is 1.23 bits per heavy atom. The molecule has 1 amide bonds. The second-order valence-corrected chi connectivity index (χ2v) is 9.85. The van der Waals surface area contributed by atoms with Crippen LogP contribution in [0.2, 0.25) is 0 Å². The van der Waals surface area contributed by atoms with E-state index in [4.69, 9.17) is 0 Å². The first-order valence-electron chi connectivity index (χ1n) is 11.4. The first-order chi connectivity index (χ1) is 16.5. The quantitative estimate of drug-likeness (QED) is 0.489. The number of carbonyl (C=O) groups is 1. The minimum absolute atomic E-state index is 0.0741. The van der Waals surface area contributed by atoms with Crippen molar-refractivity contribution in [3.05, 3.63) is 36.0 Å². The summed E-state index contributed by atoms with van der Waals surface area (Å²) in [5.74, 6) is 1.09. The molecule has 0 radical (unpaired) electrons. The molecule has 4 heterocycles. The summed E-state index contributed by atoms with van der Waals surface area (Å²) in [4.78, 5) is 22.9. The Morgan fingerprint density at radius 2 is 2.00 bits per heavy atom. The molecule has 0 saturated carbocycles. The number of rotatable bonds is 6. The highest BCUT2D eigenvalue weighted by Gasteiger charge is 2.34. The smallest absolute Gasteiger partial charge is 0.390 e. The zero-order valence-corrected chi connectivity index (χ0v) is 19.3. The molecule has 2 saturated heterocycles. The van der Waals surface area contributed by atoms with Crippen molar-refractivity contribution >= 4 is 28.7 Å². The number of nitrogens with zero attached hydrogens (tertiary/aromatic N) is 5. The summed E-state index contributed by atoms with van der Waals surface area (Å²) in [5.41, 5.74) is -0.966. The predicted octanol–water partition coefficient (Wildman–Crippen LogP) is 2.73. The standard InChI is InChI=1S/C23H26F3N7O2/c1-22(2,35)8-13-11-32(12-13)19-17-10-28-33(16-5-3-4-14(6-16)23(24,25)26)20(17)31-21(30-19)29-15-7-18(34)27-9-15/h3-6,10,13,15,35H,7-9,11-12H2,1-2H3,(H,27,34)(H,29,30,31)/t15-/m0/s1. The number of anilines is 2. The normalized spacial score (nSPS) is 19.2. The van der Waals surface area contributed by atoms with E-state index in [0.29, 0.717) is 42.9 Å². The zero-order valence-electron chi connectivity index (χ0n) is 19.3. The molecule has 12 heteroatoms. The van der Waals surface area contributed by atoms with Crippen molar-refractivity contribution in [3.8, 4) is 5.69 Å². The Kier molecular flexibility index (Phi) is 5.58. The van der Waals surface area contributed by atoms with Crippen LogP contribution in [0.4, 0.5) is 24.9 Å². The van der Waals surface area contributed by atoms with Crippen molar-refractivity contribution in [2.45, 2.75) is 44.5 Å². The summed E-state index contributed by atoms with van der Waals surface area (Å²) in [6.07, 6.45) is -2.01. The van der Waals surface area contributed by atoms with Gasteiger partial charge in [-0.25, -0.2) is 4.68 Å². The van der Waals surface area contributed by atoms with Crippen molar-refractivity contribution in [1.82, 2.24) is 25.1 Å². The van der Waals surface area contributed by atoms with E-state index in [9.17, 15) is 23.1 Å². The van der Waals surface area contributed by atoms with Gasteiger partial charge < -0.3 is 20.6 Å². The number of nitrogens with one attached hydrogen (secondary N) is 2. The minimum atomic E-state index is -4.49. The van der Waals surface area contributed by atoms with Gasteiger partial charge in [-0.15, -0.1) is 0 Å². The number of aliphatic hydroxyl groups is 1. The molecular weight excluding hydrogens is 463 g/mol. The molecule has 186 valence electrons. The molecular formula is C23H26F3N7O2. The Labute approximate surface area is 199 Å². The monoisotopic (exact) mass is 489 g/mol. The Hall–Kier alpha value is -3.41. The maximum atomic E-state index is 13.3. The van der Waals surface area contributed by atoms with Gasteiger partial charge in [0.2, 0.25) is 11.9 Å². The molecule has 5 rings (SSSR count). The van der Waals surface area contributed by atoms with Crippen LogP contribution in [0.1, 0.15) is 32.3 Å². The van der Waals surface area contributed by atoms with Crippen LogP contribution in [0.15, 0.2) is 30.5 Å². The Bertz CT molecular complexity index is 1260. The lowest BCUT2D eigenvalue weighted by molar-refractivity contribution is -0.137. The van der Waals surface area contributed by atoms with Crippen LogP contribution in [0.3, 0.4) is 0 Å². The number of hydrogen-bond donors (Lipinski definition) is 3. The van der Waals surface area contributed by atoms with Gasteiger partial charge in [0.05, 0.1) is 34.5 Å². The van der Waals surface area contributed by atoms with Crippen molar-refractivity contribution in [3.63, 3.8) is 0 Å². The van der Waals surface area contributed by atoms with Crippen LogP contribution >= 0.6 is 0 Å². The third-order valence-electron chi connectivity index (χ3n) is 6.18. The first-order valence-corrected chi connectivity index (χ1v) is 11.4. The number of alkyl halides is 3. The summed E-state index contributed by atoms with van der Waals surface area (Å²) < 4.78 is 41.3. The average Bonchev–Trinajstić information content (AvgIpc) is 3.35. The van der Waals surface area contributed by atoms with Gasteiger partial charge in [-0.05, 0) is 44.4 Å². The van der Waals surface area contributed by atoms with E-state index >= 15 is 0 Å². The van der Waals surface area contributed by atoms with Gasteiger partial charge in [-0.3, -0.25) is 4.79 Å². The van der Waals surface area contributed by atoms with Crippen molar-refractivity contribution < 1.29 is 23.1 Å². The molecule has 9 nitrogen and oxygen atoms in total. The number of fused-ring (bicyclic) bond motifs is 1. The molecule has 0 aliphatic carbocycles. The van der Waals surface area contributed by atoms with Gasteiger partial charge in [0.25, 0.3) is 0 Å². The summed E-state index contributed by atoms with van der Waals surface area (Å²) in [6, 6.07) is 4.72. The molecule has 2 fully saturated rings. The fourth-order valence-corrected chi connectivity index (χ4v) is 4.67. The molecule has 1 atom stereocenters. The van der Waals surface area contributed by atoms with E-state index in [-0.39, 0.29) is 35.9 Å². The fraction of sp³-hybridized carbons (Fsp3) is 0.478. The van der Waals surface area contributed by atoms with Crippen molar-refractivity contribution in [2.24, 2.45) is 5.92 Å². The van der Waals surface area contributed by atoms with Gasteiger partial charge in [-0.1, -0.05) is 6.07 Å². The van der Waals surface area contributed by atoms with E-state index in [1.54, 1.807) is 26.1 Å². The Morgan fingerprint density at radius 3 is 2.66 bits per heavy atom. The molecule has 3 N–H and O–H groups in total. The maximum absolute atomic E-state index is 13.3. The van der Waals surface area contributed by atoms with Gasteiger partial charge in [-0.2, -0.15) is 28.2 Å². The largest absolute Gasteiger partial charge is 0.416 e. The summed E-state index contributed by atoms with van der Waals surface area (Å²) in [7, 11) is 0. The lowest BCUT2D eigenvalue weighted by atomic mass is 9.88. The van der Waals surface area contributed by atoms with Crippen LogP contribution in [0.5, 0.6) is 0 Å². The average molecular weight is 490 g/mol. The molecule has 3 aromatic rings. The molecule has 35 heavy (non-hydrogen) atoms. The van der Waals surface area contributed by atoms with E-state index in [0.717, 1.165) is 12.1 Å². The number of benzene rings is 1. The highest BCUT2D eigenvalue weighted by molar-refractivity contribution is 5.89. The highest BCUT2D eigenvalue weighted by atomic mass is 19.4. The molecule has 0 unspecified atom stereocenters. The second kappa shape index (κ2) is 8.36. The van der Waals surface area contributed by atoms with E-state index in [2.05, 4.69) is 25.7 Å². The fourth-order valence-electron chi connectivity index (χ4n) is 4.67. The van der Waals surface area contributed by atoms with Crippen LogP contribution in [-0.4, -0.2) is 62.0 Å². The number of amides is 1. The van der Waals surface area contributed by atoms with Gasteiger partial charge in [0, 0.05) is 26.1 Å². The van der Waals surface area contributed by atoms with Crippen molar-refractivity contribution in [1.29, 1.82) is 0 Å². The number of carbonyl (C=O) groups excluding carboxylic acids is 1. The van der Waals surface area contributed by atoms with Gasteiger partial charge in [0.15, 0.2) is 5.65 Å². The second-order valence-electron chi connectivity index (χ2n) is 9.85. The molecule has 0 spiro atoms. The SMILES string of the molecule is CC(C)(O)CC1CN(c2nc(N[C@@H]3CNC(=O)C3)nc3c2cnn3-c2cccc(C(F)(F)F)c2)C1. The first kappa shape index (κ1) is 23.3. The maximum Gasteiger partial charge on any atom is 0.416 e. The molecule has 2 aliphatic rings.